The van der Waals surface area contributed by atoms with Gasteiger partial charge >= 0.3 is 0 Å². The maximum Gasteiger partial charge on any atom is 0.232 e. The van der Waals surface area contributed by atoms with Gasteiger partial charge in [0.25, 0.3) is 0 Å². The van der Waals surface area contributed by atoms with Gasteiger partial charge in [-0.15, -0.1) is 0 Å². The van der Waals surface area contributed by atoms with Gasteiger partial charge in [0.15, 0.2) is 0 Å². The third kappa shape index (κ3) is 10.5. The van der Waals surface area contributed by atoms with Crippen LogP contribution < -0.4 is 10.6 Å². The van der Waals surface area contributed by atoms with Gasteiger partial charge in [-0.25, -0.2) is 0 Å². The molecule has 0 aliphatic heterocycles. The van der Waals surface area contributed by atoms with E-state index in [9.17, 15) is 9.59 Å². The van der Waals surface area contributed by atoms with Crippen molar-refractivity contribution in [2.75, 3.05) is 52.7 Å². The highest BCUT2D eigenvalue weighted by Crippen LogP contribution is 2.06. The van der Waals surface area contributed by atoms with Crippen LogP contribution in [0, 0.1) is 5.92 Å². The number of amides is 2. The van der Waals surface area contributed by atoms with Gasteiger partial charge in [0.2, 0.25) is 11.8 Å². The topological polar surface area (TPSA) is 117 Å². The molecule has 0 bridgehead atoms. The summed E-state index contributed by atoms with van der Waals surface area (Å²) >= 11 is 0. The van der Waals surface area contributed by atoms with E-state index in [-0.39, 0.29) is 38.2 Å². The molecule has 2 amide bonds. The van der Waals surface area contributed by atoms with Crippen LogP contribution >= 0.6 is 0 Å². The van der Waals surface area contributed by atoms with Gasteiger partial charge in [0.1, 0.15) is 5.92 Å². The van der Waals surface area contributed by atoms with Crippen LogP contribution in [-0.2, 0) is 19.1 Å². The molecule has 0 saturated carbocycles. The van der Waals surface area contributed by atoms with Crippen LogP contribution in [0.5, 0.6) is 0 Å². The fraction of sp³-hybridized carbons (Fsp3) is 0.857. The van der Waals surface area contributed by atoms with Gasteiger partial charge in [0, 0.05) is 13.1 Å². The van der Waals surface area contributed by atoms with E-state index in [0.717, 1.165) is 0 Å². The van der Waals surface area contributed by atoms with Crippen LogP contribution in [0.1, 0.15) is 19.8 Å². The number of carbonyl (C=O) groups is 2. The number of rotatable bonds is 14. The molecule has 8 nitrogen and oxygen atoms in total. The minimum Gasteiger partial charge on any atom is -0.394 e. The number of nitrogens with one attached hydrogen (secondary N) is 2. The molecular formula is C14H28N2O6. The Morgan fingerprint density at radius 2 is 1.36 bits per heavy atom. The Kier molecular flexibility index (Phi) is 13.9. The Bertz CT molecular complexity index is 275. The number of hydrogen-bond acceptors (Lipinski definition) is 6. The summed E-state index contributed by atoms with van der Waals surface area (Å²) in [6, 6.07) is 0. The highest BCUT2D eigenvalue weighted by Gasteiger charge is 2.24. The average Bonchev–Trinajstić information content (AvgIpc) is 2.51. The first-order valence-electron chi connectivity index (χ1n) is 7.60. The maximum absolute atomic E-state index is 12.0. The minimum absolute atomic E-state index is 0.0623. The fourth-order valence-corrected chi connectivity index (χ4v) is 1.74. The van der Waals surface area contributed by atoms with Crippen molar-refractivity contribution in [3.8, 4) is 0 Å². The summed E-state index contributed by atoms with van der Waals surface area (Å²) in [6.45, 7) is 3.41. The molecule has 0 rings (SSSR count). The van der Waals surface area contributed by atoms with E-state index in [0.29, 0.717) is 39.1 Å². The molecule has 0 spiro atoms. The first-order chi connectivity index (χ1) is 10.7. The third-order valence-electron chi connectivity index (χ3n) is 2.77. The molecule has 0 aliphatic carbocycles. The van der Waals surface area contributed by atoms with Gasteiger partial charge in [-0.05, 0) is 6.42 Å². The molecule has 0 aromatic carbocycles. The van der Waals surface area contributed by atoms with Crippen LogP contribution in [0.25, 0.3) is 0 Å². The number of ether oxygens (including phenoxy) is 2. The standard InChI is InChI=1S/C14H28N2O6/c1-2-3-12(13(19)15-4-8-21-10-6-17)14(20)16-5-9-22-11-7-18/h12,17-18H,2-11H2,1H3,(H,15,19)(H,16,20). The Hall–Kier alpha value is -1.22. The van der Waals surface area contributed by atoms with Gasteiger partial charge in [0.05, 0.1) is 39.6 Å². The molecule has 0 aromatic rings. The summed E-state index contributed by atoms with van der Waals surface area (Å²) in [4.78, 5) is 24.0. The largest absolute Gasteiger partial charge is 0.394 e. The smallest absolute Gasteiger partial charge is 0.232 e. The van der Waals surface area contributed by atoms with Crippen LogP contribution in [0.4, 0.5) is 0 Å². The van der Waals surface area contributed by atoms with Crippen molar-refractivity contribution < 1.29 is 29.3 Å². The first-order valence-corrected chi connectivity index (χ1v) is 7.60. The molecule has 0 fully saturated rings. The van der Waals surface area contributed by atoms with Crippen molar-refractivity contribution in [1.82, 2.24) is 10.6 Å². The van der Waals surface area contributed by atoms with Gasteiger partial charge in [-0.3, -0.25) is 9.59 Å². The molecule has 0 unspecified atom stereocenters. The van der Waals surface area contributed by atoms with Crippen LogP contribution in [-0.4, -0.2) is 74.8 Å². The molecule has 0 radical (unpaired) electrons. The zero-order valence-corrected chi connectivity index (χ0v) is 13.2. The second-order valence-electron chi connectivity index (χ2n) is 4.60. The number of hydrogen-bond donors (Lipinski definition) is 4. The Morgan fingerprint density at radius 3 is 1.73 bits per heavy atom. The maximum atomic E-state index is 12.0. The van der Waals surface area contributed by atoms with E-state index in [1.807, 2.05) is 6.92 Å². The van der Waals surface area contributed by atoms with E-state index in [1.54, 1.807) is 0 Å². The SMILES string of the molecule is CCCC(C(=O)NCCOCCO)C(=O)NCCOCCO. The molecule has 0 aliphatic rings. The van der Waals surface area contributed by atoms with Crippen LogP contribution in [0.15, 0.2) is 0 Å². The molecule has 0 atom stereocenters. The van der Waals surface area contributed by atoms with Crippen molar-refractivity contribution >= 4 is 11.8 Å². The molecule has 22 heavy (non-hydrogen) atoms. The lowest BCUT2D eigenvalue weighted by molar-refractivity contribution is -0.135. The molecule has 4 N–H and O–H groups in total. The second kappa shape index (κ2) is 14.7. The van der Waals surface area contributed by atoms with Gasteiger partial charge < -0.3 is 30.3 Å². The molecule has 0 heterocycles. The van der Waals surface area contributed by atoms with E-state index in [4.69, 9.17) is 19.7 Å². The lowest BCUT2D eigenvalue weighted by atomic mass is 10.0. The van der Waals surface area contributed by atoms with Crippen molar-refractivity contribution in [2.45, 2.75) is 19.8 Å². The second-order valence-corrected chi connectivity index (χ2v) is 4.60. The Labute approximate surface area is 131 Å². The minimum atomic E-state index is -0.735. The number of carbonyl (C=O) groups excluding carboxylic acids is 2. The monoisotopic (exact) mass is 320 g/mol. The van der Waals surface area contributed by atoms with Crippen molar-refractivity contribution in [2.24, 2.45) is 5.92 Å². The third-order valence-corrected chi connectivity index (χ3v) is 2.77. The summed E-state index contributed by atoms with van der Waals surface area (Å²) in [6.07, 6.45) is 1.18. The lowest BCUT2D eigenvalue weighted by Crippen LogP contribution is -2.43. The van der Waals surface area contributed by atoms with Crippen LogP contribution in [0.2, 0.25) is 0 Å². The highest BCUT2D eigenvalue weighted by atomic mass is 16.5. The normalized spacial score (nSPS) is 10.7. The summed E-state index contributed by atoms with van der Waals surface area (Å²) < 4.78 is 10.1. The predicted molar refractivity (Wildman–Crippen MR) is 80.2 cm³/mol. The lowest BCUT2D eigenvalue weighted by Gasteiger charge is -2.16. The van der Waals surface area contributed by atoms with Crippen molar-refractivity contribution in [3.05, 3.63) is 0 Å². The van der Waals surface area contributed by atoms with Gasteiger partial charge in [-0.2, -0.15) is 0 Å². The summed E-state index contributed by atoms with van der Waals surface area (Å²) in [7, 11) is 0. The molecule has 8 heteroatoms. The van der Waals surface area contributed by atoms with E-state index < -0.39 is 5.92 Å². The fourth-order valence-electron chi connectivity index (χ4n) is 1.74. The highest BCUT2D eigenvalue weighted by molar-refractivity contribution is 6.00. The summed E-state index contributed by atoms with van der Waals surface area (Å²) in [5, 5.41) is 22.4. The molecule has 0 saturated heterocycles. The number of aliphatic hydroxyl groups excluding tert-OH is 2. The van der Waals surface area contributed by atoms with Crippen molar-refractivity contribution in [3.63, 3.8) is 0 Å². The molecule has 130 valence electrons. The van der Waals surface area contributed by atoms with Gasteiger partial charge in [-0.1, -0.05) is 13.3 Å². The van der Waals surface area contributed by atoms with E-state index in [2.05, 4.69) is 10.6 Å². The Balaban J connectivity index is 4.03. The zero-order chi connectivity index (χ0) is 16.6. The number of aliphatic hydroxyl groups is 2. The average molecular weight is 320 g/mol. The predicted octanol–water partition coefficient (Wildman–Crippen LogP) is -1.35. The molecule has 0 aromatic heterocycles. The summed E-state index contributed by atoms with van der Waals surface area (Å²) in [5.41, 5.74) is 0. The van der Waals surface area contributed by atoms with Crippen molar-refractivity contribution in [1.29, 1.82) is 0 Å². The van der Waals surface area contributed by atoms with E-state index in [1.165, 1.54) is 0 Å². The quantitative estimate of drug-likeness (QED) is 0.232. The summed E-state index contributed by atoms with van der Waals surface area (Å²) in [5.74, 6) is -1.40. The van der Waals surface area contributed by atoms with Crippen LogP contribution in [0.3, 0.4) is 0 Å². The molecular weight excluding hydrogens is 292 g/mol. The van der Waals surface area contributed by atoms with E-state index >= 15 is 0 Å². The first kappa shape index (κ1) is 20.8. The Morgan fingerprint density at radius 1 is 0.909 bits per heavy atom. The zero-order valence-electron chi connectivity index (χ0n) is 13.2.